The summed E-state index contributed by atoms with van der Waals surface area (Å²) in [5, 5.41) is 43.1. The van der Waals surface area contributed by atoms with Gasteiger partial charge in [0, 0.05) is 11.8 Å². The Hall–Kier alpha value is -1.50. The first kappa shape index (κ1) is 16.5. The van der Waals surface area contributed by atoms with Gasteiger partial charge in [-0.2, -0.15) is 20.8 Å². The molecule has 0 aliphatic rings. The van der Waals surface area contributed by atoms with E-state index in [1.807, 2.05) is 0 Å². The SMILES string of the molecule is CC(C#N)CCC(O)/N=N/C(O)CCC(C)C#N. The van der Waals surface area contributed by atoms with Gasteiger partial charge in [0.2, 0.25) is 0 Å². The number of hydrogen-bond donors (Lipinski definition) is 2. The Morgan fingerprint density at radius 3 is 1.44 bits per heavy atom. The molecule has 6 nitrogen and oxygen atoms in total. The first-order chi connectivity index (χ1) is 8.49. The smallest absolute Gasteiger partial charge is 0.165 e. The average Bonchev–Trinajstić information content (AvgIpc) is 2.39. The summed E-state index contributed by atoms with van der Waals surface area (Å²) in [4.78, 5) is 0. The number of azo groups is 1. The molecule has 0 spiro atoms. The van der Waals surface area contributed by atoms with E-state index in [9.17, 15) is 10.2 Å². The van der Waals surface area contributed by atoms with Crippen LogP contribution in [-0.4, -0.2) is 22.7 Å². The highest BCUT2D eigenvalue weighted by molar-refractivity contribution is 4.79. The van der Waals surface area contributed by atoms with Gasteiger partial charge in [-0.25, -0.2) is 0 Å². The predicted octanol–water partition coefficient (Wildman–Crippen LogP) is 1.96. The number of rotatable bonds is 8. The molecule has 4 atom stereocenters. The molecule has 0 heterocycles. The lowest BCUT2D eigenvalue weighted by Gasteiger charge is -2.08. The van der Waals surface area contributed by atoms with Crippen LogP contribution in [0.1, 0.15) is 39.5 Å². The third-order valence-electron chi connectivity index (χ3n) is 2.49. The summed E-state index contributed by atoms with van der Waals surface area (Å²) in [6.07, 6.45) is -0.192. The minimum absolute atomic E-state index is 0.128. The van der Waals surface area contributed by atoms with Gasteiger partial charge < -0.3 is 10.2 Å². The van der Waals surface area contributed by atoms with Crippen molar-refractivity contribution in [2.24, 2.45) is 22.1 Å². The van der Waals surface area contributed by atoms with Crippen molar-refractivity contribution in [3.8, 4) is 12.1 Å². The van der Waals surface area contributed by atoms with Gasteiger partial charge in [-0.1, -0.05) is 0 Å². The zero-order valence-electron chi connectivity index (χ0n) is 10.8. The third kappa shape index (κ3) is 8.63. The van der Waals surface area contributed by atoms with E-state index in [-0.39, 0.29) is 11.8 Å². The van der Waals surface area contributed by atoms with Crippen LogP contribution in [0, 0.1) is 34.5 Å². The van der Waals surface area contributed by atoms with Crippen molar-refractivity contribution >= 4 is 0 Å². The molecule has 0 amide bonds. The Kier molecular flexibility index (Phi) is 8.73. The number of nitriles is 2. The fraction of sp³-hybridized carbons (Fsp3) is 0.833. The summed E-state index contributed by atoms with van der Waals surface area (Å²) < 4.78 is 0. The van der Waals surface area contributed by atoms with E-state index in [2.05, 4.69) is 22.4 Å². The monoisotopic (exact) mass is 252 g/mol. The Morgan fingerprint density at radius 1 is 0.833 bits per heavy atom. The van der Waals surface area contributed by atoms with E-state index in [0.29, 0.717) is 25.7 Å². The fourth-order valence-corrected chi connectivity index (χ4v) is 1.20. The molecule has 0 aliphatic heterocycles. The van der Waals surface area contributed by atoms with Crippen LogP contribution < -0.4 is 0 Å². The summed E-state index contributed by atoms with van der Waals surface area (Å²) >= 11 is 0. The summed E-state index contributed by atoms with van der Waals surface area (Å²) in [6.45, 7) is 3.53. The lowest BCUT2D eigenvalue weighted by molar-refractivity contribution is 0.124. The number of aliphatic hydroxyl groups excluding tert-OH is 2. The van der Waals surface area contributed by atoms with E-state index in [1.54, 1.807) is 13.8 Å². The summed E-state index contributed by atoms with van der Waals surface area (Å²) in [5.41, 5.74) is 0. The molecule has 0 aromatic heterocycles. The number of nitrogens with zero attached hydrogens (tertiary/aromatic N) is 4. The number of aliphatic hydroxyl groups is 2. The third-order valence-corrected chi connectivity index (χ3v) is 2.49. The molecule has 0 aromatic rings. The lowest BCUT2D eigenvalue weighted by Crippen LogP contribution is -2.08. The number of hydrogen-bond acceptors (Lipinski definition) is 6. The molecule has 0 fully saturated rings. The normalized spacial score (nSPS) is 17.7. The zero-order valence-corrected chi connectivity index (χ0v) is 10.8. The molecule has 0 saturated heterocycles. The van der Waals surface area contributed by atoms with Crippen molar-refractivity contribution in [2.75, 3.05) is 0 Å². The molecule has 0 aromatic carbocycles. The summed E-state index contributed by atoms with van der Waals surface area (Å²) in [5.74, 6) is -0.257. The highest BCUT2D eigenvalue weighted by Gasteiger charge is 2.08. The molecule has 18 heavy (non-hydrogen) atoms. The van der Waals surface area contributed by atoms with Gasteiger partial charge in [0.25, 0.3) is 0 Å². The van der Waals surface area contributed by atoms with Crippen LogP contribution in [-0.2, 0) is 0 Å². The maximum atomic E-state index is 9.43. The van der Waals surface area contributed by atoms with Gasteiger partial charge in [0.15, 0.2) is 12.5 Å². The van der Waals surface area contributed by atoms with Crippen molar-refractivity contribution < 1.29 is 10.2 Å². The molecule has 6 heteroatoms. The second-order valence-corrected chi connectivity index (χ2v) is 4.41. The van der Waals surface area contributed by atoms with Gasteiger partial charge in [0.1, 0.15) is 0 Å². The van der Waals surface area contributed by atoms with Crippen molar-refractivity contribution in [1.29, 1.82) is 10.5 Å². The predicted molar refractivity (Wildman–Crippen MR) is 64.9 cm³/mol. The standard InChI is InChI=1S/C12H20N4O2/c1-9(7-13)3-5-11(17)15-16-12(18)6-4-10(2)8-14/h9-12,17-18H,3-6H2,1-2H3/b16-15+. The van der Waals surface area contributed by atoms with Crippen molar-refractivity contribution in [2.45, 2.75) is 52.0 Å². The summed E-state index contributed by atoms with van der Waals surface area (Å²) in [6, 6.07) is 4.12. The van der Waals surface area contributed by atoms with Crippen LogP contribution >= 0.6 is 0 Å². The molecule has 0 bridgehead atoms. The molecule has 0 rings (SSSR count). The highest BCUT2D eigenvalue weighted by atomic mass is 16.3. The quantitative estimate of drug-likeness (QED) is 0.643. The maximum absolute atomic E-state index is 9.43. The van der Waals surface area contributed by atoms with Crippen LogP contribution in [0.2, 0.25) is 0 Å². The molecule has 0 aliphatic carbocycles. The van der Waals surface area contributed by atoms with E-state index >= 15 is 0 Å². The van der Waals surface area contributed by atoms with Crippen LogP contribution in [0.3, 0.4) is 0 Å². The Morgan fingerprint density at radius 2 is 1.17 bits per heavy atom. The topological polar surface area (TPSA) is 113 Å². The molecular weight excluding hydrogens is 232 g/mol. The second-order valence-electron chi connectivity index (χ2n) is 4.41. The van der Waals surface area contributed by atoms with E-state index < -0.39 is 12.5 Å². The van der Waals surface area contributed by atoms with Crippen LogP contribution in [0.15, 0.2) is 10.2 Å². The first-order valence-corrected chi connectivity index (χ1v) is 6.05. The minimum atomic E-state index is -0.983. The van der Waals surface area contributed by atoms with Gasteiger partial charge in [0.05, 0.1) is 12.1 Å². The first-order valence-electron chi connectivity index (χ1n) is 6.05. The fourth-order valence-electron chi connectivity index (χ4n) is 1.20. The van der Waals surface area contributed by atoms with Gasteiger partial charge in [-0.3, -0.25) is 0 Å². The van der Waals surface area contributed by atoms with Gasteiger partial charge >= 0.3 is 0 Å². The Balaban J connectivity index is 3.85. The Labute approximate surface area is 108 Å². The van der Waals surface area contributed by atoms with E-state index in [4.69, 9.17) is 10.5 Å². The van der Waals surface area contributed by atoms with E-state index in [0.717, 1.165) is 0 Å². The van der Waals surface area contributed by atoms with Gasteiger partial charge in [-0.05, 0) is 39.5 Å². The highest BCUT2D eigenvalue weighted by Crippen LogP contribution is 2.10. The molecule has 2 N–H and O–H groups in total. The molecule has 4 unspecified atom stereocenters. The summed E-state index contributed by atoms with van der Waals surface area (Å²) in [7, 11) is 0. The zero-order chi connectivity index (χ0) is 14.0. The molecule has 100 valence electrons. The molecular formula is C12H20N4O2. The lowest BCUT2D eigenvalue weighted by atomic mass is 10.1. The van der Waals surface area contributed by atoms with Crippen molar-refractivity contribution in [3.05, 3.63) is 0 Å². The Bertz CT molecular complexity index is 300. The molecule has 0 radical (unpaired) electrons. The van der Waals surface area contributed by atoms with Gasteiger partial charge in [-0.15, -0.1) is 0 Å². The van der Waals surface area contributed by atoms with Crippen LogP contribution in [0.25, 0.3) is 0 Å². The largest absolute Gasteiger partial charge is 0.370 e. The molecule has 0 saturated carbocycles. The van der Waals surface area contributed by atoms with Crippen LogP contribution in [0.5, 0.6) is 0 Å². The van der Waals surface area contributed by atoms with Crippen molar-refractivity contribution in [1.82, 2.24) is 0 Å². The second kappa shape index (κ2) is 9.52. The van der Waals surface area contributed by atoms with Crippen LogP contribution in [0.4, 0.5) is 0 Å². The average molecular weight is 252 g/mol. The van der Waals surface area contributed by atoms with Crippen molar-refractivity contribution in [3.63, 3.8) is 0 Å². The minimum Gasteiger partial charge on any atom is -0.370 e. The van der Waals surface area contributed by atoms with E-state index in [1.165, 1.54) is 0 Å². The maximum Gasteiger partial charge on any atom is 0.165 e.